The number of para-hydroxylation sites is 1. The zero-order valence-electron chi connectivity index (χ0n) is 13.5. The van der Waals surface area contributed by atoms with Crippen molar-refractivity contribution >= 4 is 33.2 Å². The lowest BCUT2D eigenvalue weighted by Crippen LogP contribution is -2.17. The fourth-order valence-corrected chi connectivity index (χ4v) is 3.83. The molecule has 0 unspecified atom stereocenters. The Bertz CT molecular complexity index is 980. The Morgan fingerprint density at radius 2 is 1.84 bits per heavy atom. The van der Waals surface area contributed by atoms with Crippen molar-refractivity contribution < 1.29 is 4.42 Å². The third kappa shape index (κ3) is 3.56. The minimum absolute atomic E-state index is 0.439. The van der Waals surface area contributed by atoms with Gasteiger partial charge >= 0.3 is 0 Å². The summed E-state index contributed by atoms with van der Waals surface area (Å²) in [7, 11) is 2.01. The summed E-state index contributed by atoms with van der Waals surface area (Å²) in [5.41, 5.74) is 1.78. The van der Waals surface area contributed by atoms with E-state index >= 15 is 0 Å². The smallest absolute Gasteiger partial charge is 0.249 e. The molecular formula is C18H15ClN4OS. The van der Waals surface area contributed by atoms with E-state index in [2.05, 4.69) is 26.1 Å². The molecule has 0 bridgehead atoms. The van der Waals surface area contributed by atoms with Crippen LogP contribution in [0.4, 0.5) is 0 Å². The van der Waals surface area contributed by atoms with Gasteiger partial charge in [0.1, 0.15) is 5.01 Å². The highest BCUT2D eigenvalue weighted by Gasteiger charge is 2.14. The predicted molar refractivity (Wildman–Crippen MR) is 99.5 cm³/mol. The minimum Gasteiger partial charge on any atom is -0.419 e. The number of fused-ring (bicyclic) bond motifs is 1. The molecule has 2 heterocycles. The van der Waals surface area contributed by atoms with E-state index in [4.69, 9.17) is 16.0 Å². The number of nitrogens with zero attached hydrogens (tertiary/aromatic N) is 4. The van der Waals surface area contributed by atoms with Crippen molar-refractivity contribution in [2.75, 3.05) is 7.05 Å². The molecule has 25 heavy (non-hydrogen) atoms. The molecule has 0 amide bonds. The molecule has 5 nitrogen and oxygen atoms in total. The third-order valence-electron chi connectivity index (χ3n) is 3.72. The second-order valence-corrected chi connectivity index (χ2v) is 7.25. The van der Waals surface area contributed by atoms with Crippen molar-refractivity contribution in [1.29, 1.82) is 0 Å². The Morgan fingerprint density at radius 3 is 2.68 bits per heavy atom. The van der Waals surface area contributed by atoms with E-state index in [9.17, 15) is 0 Å². The number of halogens is 1. The molecule has 0 aliphatic rings. The summed E-state index contributed by atoms with van der Waals surface area (Å²) in [4.78, 5) is 6.75. The van der Waals surface area contributed by atoms with E-state index in [1.807, 2.05) is 43.4 Å². The summed E-state index contributed by atoms with van der Waals surface area (Å²) < 4.78 is 6.95. The lowest BCUT2D eigenvalue weighted by Gasteiger charge is -2.11. The highest BCUT2D eigenvalue weighted by atomic mass is 35.5. The summed E-state index contributed by atoms with van der Waals surface area (Å²) in [5, 5.41) is 9.89. The summed E-state index contributed by atoms with van der Waals surface area (Å²) >= 11 is 7.88. The lowest BCUT2D eigenvalue weighted by molar-refractivity contribution is 0.282. The lowest BCUT2D eigenvalue weighted by atomic mass is 10.2. The van der Waals surface area contributed by atoms with Gasteiger partial charge in [0.05, 0.1) is 33.9 Å². The molecule has 0 aliphatic carbocycles. The predicted octanol–water partition coefficient (Wildman–Crippen LogP) is 4.63. The molecule has 0 saturated heterocycles. The normalized spacial score (nSPS) is 11.5. The van der Waals surface area contributed by atoms with E-state index in [0.29, 0.717) is 23.3 Å². The van der Waals surface area contributed by atoms with E-state index < -0.39 is 0 Å². The van der Waals surface area contributed by atoms with Gasteiger partial charge in [0.15, 0.2) is 0 Å². The first-order valence-electron chi connectivity index (χ1n) is 7.79. The van der Waals surface area contributed by atoms with Crippen LogP contribution in [0.1, 0.15) is 10.9 Å². The number of aromatic nitrogens is 3. The van der Waals surface area contributed by atoms with Crippen LogP contribution in [-0.4, -0.2) is 27.1 Å². The standard InChI is InChI=1S/C18H15ClN4OS/c1-23(11-17-20-14-8-4-5-9-15(14)25-17)10-16-21-22-18(24-16)12-6-2-3-7-13(12)19/h2-9H,10-11H2,1H3. The maximum Gasteiger partial charge on any atom is 0.249 e. The molecule has 7 heteroatoms. The van der Waals surface area contributed by atoms with E-state index in [0.717, 1.165) is 22.6 Å². The van der Waals surface area contributed by atoms with Gasteiger partial charge in [-0.15, -0.1) is 21.5 Å². The van der Waals surface area contributed by atoms with Gasteiger partial charge in [-0.05, 0) is 31.3 Å². The van der Waals surface area contributed by atoms with Crippen LogP contribution in [0.2, 0.25) is 5.02 Å². The van der Waals surface area contributed by atoms with Crippen molar-refractivity contribution in [1.82, 2.24) is 20.1 Å². The first-order chi connectivity index (χ1) is 12.2. The first kappa shape index (κ1) is 16.2. The summed E-state index contributed by atoms with van der Waals surface area (Å²) in [6.07, 6.45) is 0. The Hall–Kier alpha value is -2.28. The van der Waals surface area contributed by atoms with Crippen LogP contribution in [0.5, 0.6) is 0 Å². The molecule has 0 radical (unpaired) electrons. The van der Waals surface area contributed by atoms with Crippen LogP contribution >= 0.6 is 22.9 Å². The quantitative estimate of drug-likeness (QED) is 0.512. The monoisotopic (exact) mass is 370 g/mol. The second kappa shape index (κ2) is 6.92. The van der Waals surface area contributed by atoms with Crippen LogP contribution in [0.3, 0.4) is 0 Å². The zero-order chi connectivity index (χ0) is 17.2. The van der Waals surface area contributed by atoms with Crippen molar-refractivity contribution in [2.24, 2.45) is 0 Å². The third-order valence-corrected chi connectivity index (χ3v) is 5.07. The van der Waals surface area contributed by atoms with Gasteiger partial charge in [-0.1, -0.05) is 35.9 Å². The fraction of sp³-hybridized carbons (Fsp3) is 0.167. The molecule has 0 saturated carbocycles. The van der Waals surface area contributed by atoms with Crippen molar-refractivity contribution in [3.63, 3.8) is 0 Å². The zero-order valence-corrected chi connectivity index (χ0v) is 15.1. The SMILES string of the molecule is CN(Cc1nnc(-c2ccccc2Cl)o1)Cc1nc2ccccc2s1. The molecule has 4 rings (SSSR count). The first-order valence-corrected chi connectivity index (χ1v) is 8.99. The second-order valence-electron chi connectivity index (χ2n) is 5.73. The maximum absolute atomic E-state index is 6.17. The maximum atomic E-state index is 6.17. The molecule has 0 spiro atoms. The molecule has 2 aromatic carbocycles. The summed E-state index contributed by atoms with van der Waals surface area (Å²) in [5.74, 6) is 0.993. The van der Waals surface area contributed by atoms with E-state index in [1.165, 1.54) is 4.70 Å². The number of thiazole rings is 1. The molecule has 0 aliphatic heterocycles. The van der Waals surface area contributed by atoms with Gasteiger partial charge in [-0.25, -0.2) is 4.98 Å². The van der Waals surface area contributed by atoms with Crippen molar-refractivity contribution in [3.8, 4) is 11.5 Å². The van der Waals surface area contributed by atoms with Gasteiger partial charge in [0, 0.05) is 0 Å². The Balaban J connectivity index is 1.46. The van der Waals surface area contributed by atoms with Crippen LogP contribution in [0.15, 0.2) is 52.9 Å². The number of benzene rings is 2. The van der Waals surface area contributed by atoms with Crippen molar-refractivity contribution in [2.45, 2.75) is 13.1 Å². The Morgan fingerprint density at radius 1 is 1.04 bits per heavy atom. The largest absolute Gasteiger partial charge is 0.419 e. The number of rotatable bonds is 5. The molecule has 0 atom stereocenters. The summed E-state index contributed by atoms with van der Waals surface area (Å²) in [6.45, 7) is 1.27. The average Bonchev–Trinajstić information content (AvgIpc) is 3.21. The van der Waals surface area contributed by atoms with Crippen LogP contribution in [-0.2, 0) is 13.1 Å². The van der Waals surface area contributed by atoms with E-state index in [-0.39, 0.29) is 0 Å². The average molecular weight is 371 g/mol. The van der Waals surface area contributed by atoms with Gasteiger partial charge < -0.3 is 4.42 Å². The molecule has 4 aromatic rings. The minimum atomic E-state index is 0.439. The topological polar surface area (TPSA) is 55.1 Å². The van der Waals surface area contributed by atoms with Gasteiger partial charge in [0.2, 0.25) is 11.8 Å². The van der Waals surface area contributed by atoms with Crippen LogP contribution in [0, 0.1) is 0 Å². The number of hydrogen-bond acceptors (Lipinski definition) is 6. The summed E-state index contributed by atoms with van der Waals surface area (Å²) in [6, 6.07) is 15.6. The molecular weight excluding hydrogens is 356 g/mol. The molecule has 2 aromatic heterocycles. The van der Waals surface area contributed by atoms with Gasteiger partial charge in [0.25, 0.3) is 0 Å². The Kier molecular flexibility index (Phi) is 4.48. The van der Waals surface area contributed by atoms with Gasteiger partial charge in [-0.3, -0.25) is 4.90 Å². The highest BCUT2D eigenvalue weighted by Crippen LogP contribution is 2.27. The Labute approximate surface area is 153 Å². The van der Waals surface area contributed by atoms with Crippen LogP contribution in [0.25, 0.3) is 21.7 Å². The molecule has 0 N–H and O–H groups in total. The van der Waals surface area contributed by atoms with Crippen LogP contribution < -0.4 is 0 Å². The number of hydrogen-bond donors (Lipinski definition) is 0. The molecule has 0 fully saturated rings. The van der Waals surface area contributed by atoms with Crippen molar-refractivity contribution in [3.05, 3.63) is 64.5 Å². The highest BCUT2D eigenvalue weighted by molar-refractivity contribution is 7.18. The van der Waals surface area contributed by atoms with E-state index in [1.54, 1.807) is 17.4 Å². The molecule has 126 valence electrons. The fourth-order valence-electron chi connectivity index (χ4n) is 2.57. The van der Waals surface area contributed by atoms with Gasteiger partial charge in [-0.2, -0.15) is 0 Å².